The van der Waals surface area contributed by atoms with Gasteiger partial charge in [-0.15, -0.1) is 0 Å². The van der Waals surface area contributed by atoms with Gasteiger partial charge in [0, 0.05) is 5.56 Å². The van der Waals surface area contributed by atoms with Gasteiger partial charge in [0.1, 0.15) is 23.0 Å². The number of Topliss-reactive ketones (excluding diaryl/α,β-unsaturated/α-hetero) is 1. The fourth-order valence-electron chi connectivity index (χ4n) is 3.80. The Kier molecular flexibility index (Phi) is 5.98. The monoisotopic (exact) mass is 433 g/mol. The van der Waals surface area contributed by atoms with Crippen molar-refractivity contribution >= 4 is 17.4 Å². The number of hydrogen-bond donors (Lipinski definition) is 1. The van der Waals surface area contributed by atoms with Crippen molar-refractivity contribution in [1.29, 1.82) is 0 Å². The molecule has 1 unspecified atom stereocenters. The van der Waals surface area contributed by atoms with Crippen molar-refractivity contribution < 1.29 is 28.6 Å². The van der Waals surface area contributed by atoms with Gasteiger partial charge in [-0.05, 0) is 48.9 Å². The molecule has 1 fully saturated rings. The van der Waals surface area contributed by atoms with Gasteiger partial charge in [-0.2, -0.15) is 0 Å². The fourth-order valence-corrected chi connectivity index (χ4v) is 3.80. The second-order valence-electron chi connectivity index (χ2n) is 7.24. The van der Waals surface area contributed by atoms with E-state index in [0.717, 1.165) is 0 Å². The number of aliphatic hydroxyl groups excluding tert-OH is 1. The maximum atomic E-state index is 13.1. The number of amides is 1. The first-order valence-electron chi connectivity index (χ1n) is 10.2. The molecule has 1 aliphatic heterocycles. The highest BCUT2D eigenvalue weighted by molar-refractivity contribution is 6.46. The number of carbonyl (C=O) groups is 2. The molecule has 7 nitrogen and oxygen atoms in total. The quantitative estimate of drug-likeness (QED) is 0.339. The molecule has 3 aromatic rings. The minimum Gasteiger partial charge on any atom is -0.507 e. The molecule has 0 aliphatic carbocycles. The number of aliphatic hydroxyl groups is 1. The summed E-state index contributed by atoms with van der Waals surface area (Å²) >= 11 is 0. The van der Waals surface area contributed by atoms with E-state index in [-0.39, 0.29) is 17.9 Å². The highest BCUT2D eigenvalue weighted by Crippen LogP contribution is 2.41. The average Bonchev–Trinajstić information content (AvgIpc) is 3.42. The summed E-state index contributed by atoms with van der Waals surface area (Å²) in [6, 6.07) is 16.5. The minimum absolute atomic E-state index is 0.0129. The molecule has 1 aliphatic rings. The third-order valence-corrected chi connectivity index (χ3v) is 5.30. The predicted molar refractivity (Wildman–Crippen MR) is 117 cm³/mol. The Hall–Kier alpha value is -4.00. The summed E-state index contributed by atoms with van der Waals surface area (Å²) in [5.41, 5.74) is 1.07. The first-order valence-corrected chi connectivity index (χ1v) is 10.2. The molecule has 32 heavy (non-hydrogen) atoms. The molecule has 1 atom stereocenters. The van der Waals surface area contributed by atoms with Crippen LogP contribution in [-0.2, 0) is 16.1 Å². The van der Waals surface area contributed by atoms with Crippen LogP contribution in [0.3, 0.4) is 0 Å². The van der Waals surface area contributed by atoms with Crippen molar-refractivity contribution in [3.63, 3.8) is 0 Å². The predicted octanol–water partition coefficient (Wildman–Crippen LogP) is 4.31. The summed E-state index contributed by atoms with van der Waals surface area (Å²) in [4.78, 5) is 27.5. The topological polar surface area (TPSA) is 89.2 Å². The molecule has 0 radical (unpaired) electrons. The maximum absolute atomic E-state index is 13.1. The van der Waals surface area contributed by atoms with Crippen molar-refractivity contribution in [2.24, 2.45) is 0 Å². The van der Waals surface area contributed by atoms with Gasteiger partial charge in [0.15, 0.2) is 0 Å². The highest BCUT2D eigenvalue weighted by atomic mass is 16.5. The molecule has 7 heteroatoms. The molecule has 1 aromatic heterocycles. The van der Waals surface area contributed by atoms with Crippen LogP contribution in [0.15, 0.2) is 76.9 Å². The zero-order chi connectivity index (χ0) is 22.7. The van der Waals surface area contributed by atoms with Gasteiger partial charge in [-0.1, -0.05) is 24.3 Å². The molecule has 1 amide bonds. The van der Waals surface area contributed by atoms with E-state index in [1.54, 1.807) is 60.7 Å². The first kappa shape index (κ1) is 21.2. The van der Waals surface area contributed by atoms with Crippen LogP contribution in [0.2, 0.25) is 0 Å². The standard InChI is InChI=1S/C25H23NO6/c1-3-31-18-11-9-16(10-12-18)22-21(23(27)17-6-4-7-19(14-17)30-2)24(28)25(29)26(22)15-20-8-5-13-32-20/h4-14,22,27H,3,15H2,1-2H3. The van der Waals surface area contributed by atoms with Crippen LogP contribution in [-0.4, -0.2) is 35.4 Å². The van der Waals surface area contributed by atoms with Crippen LogP contribution in [0, 0.1) is 0 Å². The summed E-state index contributed by atoms with van der Waals surface area (Å²) in [5, 5.41) is 11.1. The summed E-state index contributed by atoms with van der Waals surface area (Å²) < 4.78 is 16.1. The van der Waals surface area contributed by atoms with Gasteiger partial charge >= 0.3 is 0 Å². The van der Waals surface area contributed by atoms with E-state index in [9.17, 15) is 14.7 Å². The second kappa shape index (κ2) is 9.01. The lowest BCUT2D eigenvalue weighted by Gasteiger charge is -2.24. The van der Waals surface area contributed by atoms with Gasteiger partial charge in [-0.25, -0.2) is 0 Å². The van der Waals surface area contributed by atoms with Gasteiger partial charge in [0.05, 0.1) is 38.1 Å². The van der Waals surface area contributed by atoms with E-state index in [1.807, 2.05) is 6.92 Å². The minimum atomic E-state index is -0.790. The number of furan rings is 1. The van der Waals surface area contributed by atoms with Crippen molar-refractivity contribution in [2.45, 2.75) is 19.5 Å². The Morgan fingerprint density at radius 2 is 1.84 bits per heavy atom. The largest absolute Gasteiger partial charge is 0.507 e. The lowest BCUT2D eigenvalue weighted by atomic mass is 9.95. The summed E-state index contributed by atoms with van der Waals surface area (Å²) in [7, 11) is 1.52. The number of ketones is 1. The Morgan fingerprint density at radius 3 is 2.50 bits per heavy atom. The normalized spacial score (nSPS) is 17.6. The highest BCUT2D eigenvalue weighted by Gasteiger charge is 2.46. The summed E-state index contributed by atoms with van der Waals surface area (Å²) in [6.07, 6.45) is 1.51. The lowest BCUT2D eigenvalue weighted by molar-refractivity contribution is -0.140. The van der Waals surface area contributed by atoms with Gasteiger partial charge in [0.25, 0.3) is 11.7 Å². The van der Waals surface area contributed by atoms with Crippen molar-refractivity contribution in [1.82, 2.24) is 4.90 Å². The molecular weight excluding hydrogens is 410 g/mol. The van der Waals surface area contributed by atoms with Crippen LogP contribution >= 0.6 is 0 Å². The zero-order valence-electron chi connectivity index (χ0n) is 17.8. The van der Waals surface area contributed by atoms with Crippen molar-refractivity contribution in [3.8, 4) is 11.5 Å². The van der Waals surface area contributed by atoms with Crippen LogP contribution in [0.1, 0.15) is 29.9 Å². The van der Waals surface area contributed by atoms with E-state index in [1.165, 1.54) is 18.3 Å². The molecule has 0 spiro atoms. The van der Waals surface area contributed by atoms with E-state index in [2.05, 4.69) is 0 Å². The van der Waals surface area contributed by atoms with E-state index in [4.69, 9.17) is 13.9 Å². The third kappa shape index (κ3) is 3.97. The summed E-state index contributed by atoms with van der Waals surface area (Å²) in [5.74, 6) is 0.0105. The molecule has 4 rings (SSSR count). The number of likely N-dealkylation sites (tertiary alicyclic amines) is 1. The number of benzene rings is 2. The van der Waals surface area contributed by atoms with Crippen LogP contribution in [0.4, 0.5) is 0 Å². The molecule has 0 bridgehead atoms. The van der Waals surface area contributed by atoms with Gasteiger partial charge in [-0.3, -0.25) is 9.59 Å². The molecule has 2 aromatic carbocycles. The second-order valence-corrected chi connectivity index (χ2v) is 7.24. The summed E-state index contributed by atoms with van der Waals surface area (Å²) in [6.45, 7) is 2.50. The van der Waals surface area contributed by atoms with Crippen LogP contribution in [0.25, 0.3) is 5.76 Å². The number of methoxy groups -OCH3 is 1. The lowest BCUT2D eigenvalue weighted by Crippen LogP contribution is -2.29. The number of ether oxygens (including phenoxy) is 2. The Morgan fingerprint density at radius 1 is 1.06 bits per heavy atom. The van der Waals surface area contributed by atoms with Crippen LogP contribution in [0.5, 0.6) is 11.5 Å². The smallest absolute Gasteiger partial charge is 0.296 e. The number of nitrogens with zero attached hydrogens (tertiary/aromatic N) is 1. The molecule has 2 heterocycles. The van der Waals surface area contributed by atoms with Crippen LogP contribution < -0.4 is 9.47 Å². The zero-order valence-corrected chi connectivity index (χ0v) is 17.8. The molecule has 1 saturated heterocycles. The number of carbonyl (C=O) groups excluding carboxylic acids is 2. The third-order valence-electron chi connectivity index (χ3n) is 5.30. The fraction of sp³-hybridized carbons (Fsp3) is 0.200. The number of rotatable bonds is 7. The molecule has 0 saturated carbocycles. The Balaban J connectivity index is 1.83. The maximum Gasteiger partial charge on any atom is 0.296 e. The van der Waals surface area contributed by atoms with E-state index < -0.39 is 17.7 Å². The Bertz CT molecular complexity index is 1150. The molecular formula is C25H23NO6. The molecule has 1 N–H and O–H groups in total. The van der Waals surface area contributed by atoms with Crippen molar-refractivity contribution in [2.75, 3.05) is 13.7 Å². The number of hydrogen-bond acceptors (Lipinski definition) is 6. The SMILES string of the molecule is CCOc1ccc(C2C(=C(O)c3cccc(OC)c3)C(=O)C(=O)N2Cc2ccco2)cc1. The van der Waals surface area contributed by atoms with E-state index >= 15 is 0 Å². The van der Waals surface area contributed by atoms with Crippen molar-refractivity contribution in [3.05, 3.63) is 89.4 Å². The van der Waals surface area contributed by atoms with E-state index in [0.29, 0.717) is 35.0 Å². The van der Waals surface area contributed by atoms with Gasteiger partial charge in [0.2, 0.25) is 0 Å². The molecule has 164 valence electrons. The van der Waals surface area contributed by atoms with Gasteiger partial charge < -0.3 is 23.9 Å². The Labute approximate surface area is 185 Å². The average molecular weight is 433 g/mol. The first-order chi connectivity index (χ1) is 15.5.